The molecule has 0 aliphatic carbocycles. The lowest BCUT2D eigenvalue weighted by molar-refractivity contribution is 0.414. The van der Waals surface area contributed by atoms with E-state index in [2.05, 4.69) is 5.32 Å². The van der Waals surface area contributed by atoms with E-state index < -0.39 is 9.84 Å². The lowest BCUT2D eigenvalue weighted by Crippen LogP contribution is -2.39. The summed E-state index contributed by atoms with van der Waals surface area (Å²) in [6, 6.07) is 7.89. The van der Waals surface area contributed by atoms with E-state index in [0.29, 0.717) is 12.3 Å². The van der Waals surface area contributed by atoms with Crippen LogP contribution in [0.5, 0.6) is 5.75 Å². The second-order valence-electron chi connectivity index (χ2n) is 4.68. The van der Waals surface area contributed by atoms with Gasteiger partial charge in [-0.15, -0.1) is 0 Å². The molecular formula is C13H19NO3S. The van der Waals surface area contributed by atoms with Gasteiger partial charge < -0.3 is 10.1 Å². The van der Waals surface area contributed by atoms with Crippen LogP contribution in [0.3, 0.4) is 0 Å². The van der Waals surface area contributed by atoms with Crippen molar-refractivity contribution in [3.05, 3.63) is 29.8 Å². The minimum Gasteiger partial charge on any atom is -0.497 e. The average Bonchev–Trinajstić information content (AvgIpc) is 2.36. The maximum Gasteiger partial charge on any atom is 0.151 e. The van der Waals surface area contributed by atoms with Crippen molar-refractivity contribution in [1.82, 2.24) is 5.32 Å². The summed E-state index contributed by atoms with van der Waals surface area (Å²) >= 11 is 0. The van der Waals surface area contributed by atoms with Gasteiger partial charge in [0.05, 0.1) is 18.6 Å². The Bertz CT molecular complexity index is 481. The lowest BCUT2D eigenvalue weighted by Gasteiger charge is -2.23. The molecule has 1 aliphatic rings. The van der Waals surface area contributed by atoms with Gasteiger partial charge in [0.25, 0.3) is 0 Å². The predicted octanol–water partition coefficient (Wildman–Crippen LogP) is 1.36. The highest BCUT2D eigenvalue weighted by Crippen LogP contribution is 2.14. The molecule has 5 heteroatoms. The van der Waals surface area contributed by atoms with Crippen LogP contribution in [-0.2, 0) is 16.4 Å². The third-order valence-corrected chi connectivity index (χ3v) is 5.04. The van der Waals surface area contributed by atoms with Gasteiger partial charge >= 0.3 is 0 Å². The molecule has 1 aromatic rings. The average molecular weight is 269 g/mol. The Morgan fingerprint density at radius 2 is 2.06 bits per heavy atom. The molecule has 0 amide bonds. The standard InChI is InChI=1S/C13H19NO3S/c1-17-13-6-4-11(5-7-13)9-14-12-3-2-8-18(15,16)10-12/h4-7,12,14H,2-3,8-10H2,1H3. The molecule has 100 valence electrons. The summed E-state index contributed by atoms with van der Waals surface area (Å²) in [6.07, 6.45) is 1.71. The number of nitrogens with one attached hydrogen (secondary N) is 1. The van der Waals surface area contributed by atoms with Crippen molar-refractivity contribution in [3.8, 4) is 5.75 Å². The molecule has 2 rings (SSSR count). The van der Waals surface area contributed by atoms with Gasteiger partial charge in [-0.05, 0) is 30.5 Å². The smallest absolute Gasteiger partial charge is 0.151 e. The van der Waals surface area contributed by atoms with Crippen molar-refractivity contribution in [3.63, 3.8) is 0 Å². The predicted molar refractivity (Wildman–Crippen MR) is 71.5 cm³/mol. The molecule has 4 nitrogen and oxygen atoms in total. The van der Waals surface area contributed by atoms with Gasteiger partial charge in [0.2, 0.25) is 0 Å². The van der Waals surface area contributed by atoms with Crippen LogP contribution in [0.2, 0.25) is 0 Å². The highest BCUT2D eigenvalue weighted by Gasteiger charge is 2.23. The molecule has 1 aromatic carbocycles. The molecule has 0 spiro atoms. The molecule has 0 saturated carbocycles. The van der Waals surface area contributed by atoms with Crippen LogP contribution in [0.25, 0.3) is 0 Å². The highest BCUT2D eigenvalue weighted by molar-refractivity contribution is 7.91. The van der Waals surface area contributed by atoms with E-state index in [4.69, 9.17) is 4.74 Å². The van der Waals surface area contributed by atoms with Crippen LogP contribution in [0.4, 0.5) is 0 Å². The van der Waals surface area contributed by atoms with E-state index in [-0.39, 0.29) is 11.8 Å². The third kappa shape index (κ3) is 3.71. The molecule has 18 heavy (non-hydrogen) atoms. The van der Waals surface area contributed by atoms with E-state index in [1.54, 1.807) is 7.11 Å². The van der Waals surface area contributed by atoms with Crippen molar-refractivity contribution in [2.24, 2.45) is 0 Å². The Morgan fingerprint density at radius 3 is 2.67 bits per heavy atom. The molecule has 1 unspecified atom stereocenters. The summed E-state index contributed by atoms with van der Waals surface area (Å²) in [5.41, 5.74) is 1.14. The third-order valence-electron chi connectivity index (χ3n) is 3.22. The largest absolute Gasteiger partial charge is 0.497 e. The molecule has 1 aliphatic heterocycles. The molecule has 1 atom stereocenters. The van der Waals surface area contributed by atoms with Gasteiger partial charge in [-0.2, -0.15) is 0 Å². The number of hydrogen-bond donors (Lipinski definition) is 1. The summed E-state index contributed by atoms with van der Waals surface area (Å²) in [7, 11) is -1.19. The first-order valence-electron chi connectivity index (χ1n) is 6.16. The van der Waals surface area contributed by atoms with Gasteiger partial charge in [0.1, 0.15) is 5.75 Å². The number of benzene rings is 1. The van der Waals surface area contributed by atoms with Crippen LogP contribution >= 0.6 is 0 Å². The Balaban J connectivity index is 1.87. The van der Waals surface area contributed by atoms with Gasteiger partial charge in [-0.25, -0.2) is 8.42 Å². The van der Waals surface area contributed by atoms with E-state index in [9.17, 15) is 8.42 Å². The van der Waals surface area contributed by atoms with Crippen molar-refractivity contribution in [1.29, 1.82) is 0 Å². The quantitative estimate of drug-likeness (QED) is 0.897. The Kier molecular flexibility index (Phi) is 4.24. The molecule has 0 radical (unpaired) electrons. The summed E-state index contributed by atoms with van der Waals surface area (Å²) in [6.45, 7) is 0.699. The Labute approximate surface area is 108 Å². The fourth-order valence-corrected chi connectivity index (χ4v) is 3.86. The normalized spacial score (nSPS) is 22.6. The fourth-order valence-electron chi connectivity index (χ4n) is 2.19. The van der Waals surface area contributed by atoms with Gasteiger partial charge in [-0.1, -0.05) is 12.1 Å². The molecule has 1 fully saturated rings. The number of hydrogen-bond acceptors (Lipinski definition) is 4. The van der Waals surface area contributed by atoms with Gasteiger partial charge in [0.15, 0.2) is 9.84 Å². The van der Waals surface area contributed by atoms with Crippen LogP contribution in [0.1, 0.15) is 18.4 Å². The summed E-state index contributed by atoms with van der Waals surface area (Å²) in [5.74, 6) is 1.44. The molecule has 1 N–H and O–H groups in total. The minimum atomic E-state index is -2.83. The first-order valence-corrected chi connectivity index (χ1v) is 7.98. The van der Waals surface area contributed by atoms with Crippen molar-refractivity contribution in [2.75, 3.05) is 18.6 Å². The summed E-state index contributed by atoms with van der Waals surface area (Å²) in [5, 5.41) is 3.31. The van der Waals surface area contributed by atoms with Crippen molar-refractivity contribution < 1.29 is 13.2 Å². The number of sulfone groups is 1. The monoisotopic (exact) mass is 269 g/mol. The summed E-state index contributed by atoms with van der Waals surface area (Å²) in [4.78, 5) is 0. The Morgan fingerprint density at radius 1 is 1.33 bits per heavy atom. The van der Waals surface area contributed by atoms with Crippen LogP contribution in [0, 0.1) is 0 Å². The lowest BCUT2D eigenvalue weighted by atomic mass is 10.1. The maximum atomic E-state index is 11.5. The van der Waals surface area contributed by atoms with Crippen LogP contribution in [-0.4, -0.2) is 33.1 Å². The summed E-state index contributed by atoms with van der Waals surface area (Å²) < 4.78 is 28.1. The molecule has 1 heterocycles. The molecule has 0 aromatic heterocycles. The van der Waals surface area contributed by atoms with E-state index in [0.717, 1.165) is 24.2 Å². The van der Waals surface area contributed by atoms with Crippen LogP contribution < -0.4 is 10.1 Å². The zero-order chi connectivity index (χ0) is 13.0. The van der Waals surface area contributed by atoms with E-state index in [1.165, 1.54) is 0 Å². The number of rotatable bonds is 4. The Hall–Kier alpha value is -1.07. The number of methoxy groups -OCH3 is 1. The van der Waals surface area contributed by atoms with Gasteiger partial charge in [-0.3, -0.25) is 0 Å². The van der Waals surface area contributed by atoms with E-state index in [1.807, 2.05) is 24.3 Å². The van der Waals surface area contributed by atoms with Crippen molar-refractivity contribution in [2.45, 2.75) is 25.4 Å². The second kappa shape index (κ2) is 5.71. The fraction of sp³-hybridized carbons (Fsp3) is 0.538. The molecule has 1 saturated heterocycles. The zero-order valence-electron chi connectivity index (χ0n) is 10.6. The topological polar surface area (TPSA) is 55.4 Å². The molecular weight excluding hydrogens is 250 g/mol. The minimum absolute atomic E-state index is 0.0888. The first kappa shape index (κ1) is 13.4. The van der Waals surface area contributed by atoms with Crippen molar-refractivity contribution >= 4 is 9.84 Å². The maximum absolute atomic E-state index is 11.5. The van der Waals surface area contributed by atoms with Gasteiger partial charge in [0, 0.05) is 12.6 Å². The zero-order valence-corrected chi connectivity index (χ0v) is 11.4. The molecule has 0 bridgehead atoms. The first-order chi connectivity index (χ1) is 8.59. The SMILES string of the molecule is COc1ccc(CNC2CCCS(=O)(=O)C2)cc1. The van der Waals surface area contributed by atoms with E-state index >= 15 is 0 Å². The second-order valence-corrected chi connectivity index (χ2v) is 6.91. The van der Waals surface area contributed by atoms with Crippen LogP contribution in [0.15, 0.2) is 24.3 Å². The number of ether oxygens (including phenoxy) is 1. The highest BCUT2D eigenvalue weighted by atomic mass is 32.2.